The van der Waals surface area contributed by atoms with E-state index in [-0.39, 0.29) is 23.2 Å². The van der Waals surface area contributed by atoms with Crippen molar-refractivity contribution in [1.29, 1.82) is 0 Å². The fourth-order valence-corrected chi connectivity index (χ4v) is 4.46. The van der Waals surface area contributed by atoms with Crippen molar-refractivity contribution >= 4 is 28.7 Å². The first-order valence-electron chi connectivity index (χ1n) is 10.5. The number of benzene rings is 1. The van der Waals surface area contributed by atoms with E-state index in [4.69, 9.17) is 9.47 Å². The molecule has 1 amide bonds. The van der Waals surface area contributed by atoms with Gasteiger partial charge >= 0.3 is 18.1 Å². The van der Waals surface area contributed by atoms with Crippen LogP contribution in [0.2, 0.25) is 0 Å². The van der Waals surface area contributed by atoms with E-state index in [1.807, 2.05) is 31.7 Å². The molecule has 0 unspecified atom stereocenters. The molecular formula is C22H28N4O5. The van der Waals surface area contributed by atoms with Gasteiger partial charge in [0, 0.05) is 36.9 Å². The third-order valence-electron chi connectivity index (χ3n) is 6.14. The number of likely N-dealkylation sites (tertiary alicyclic amines) is 1. The minimum Gasteiger partial charge on any atom is -0.478 e. The van der Waals surface area contributed by atoms with Crippen LogP contribution in [0, 0.1) is 0 Å². The summed E-state index contributed by atoms with van der Waals surface area (Å²) in [5.74, 6) is -1.04. The zero-order valence-electron chi connectivity index (χ0n) is 18.3. The predicted octanol–water partition coefficient (Wildman–Crippen LogP) is 3.32. The second kappa shape index (κ2) is 7.55. The largest absolute Gasteiger partial charge is 0.478 e. The van der Waals surface area contributed by atoms with E-state index < -0.39 is 11.6 Å². The van der Waals surface area contributed by atoms with Crippen LogP contribution in [0.5, 0.6) is 6.01 Å². The molecule has 1 N–H and O–H groups in total. The van der Waals surface area contributed by atoms with E-state index in [9.17, 15) is 14.7 Å². The van der Waals surface area contributed by atoms with Gasteiger partial charge in [-0.1, -0.05) is 0 Å². The van der Waals surface area contributed by atoms with E-state index in [1.165, 1.54) is 7.11 Å². The summed E-state index contributed by atoms with van der Waals surface area (Å²) in [6.45, 7) is 7.84. The third kappa shape index (κ3) is 3.84. The SMILES string of the molecule is COc1ncc2c(N3CCC4(CC3)CCN4C(=O)OC(C)(C)C)ccc(C(=O)O)c2n1. The molecule has 1 aromatic heterocycles. The Labute approximate surface area is 181 Å². The van der Waals surface area contributed by atoms with Crippen molar-refractivity contribution in [2.45, 2.75) is 51.2 Å². The number of carbonyl (C=O) groups is 2. The molecule has 2 aliphatic heterocycles. The summed E-state index contributed by atoms with van der Waals surface area (Å²) in [7, 11) is 1.45. The van der Waals surface area contributed by atoms with Gasteiger partial charge in [0.25, 0.3) is 0 Å². The summed E-state index contributed by atoms with van der Waals surface area (Å²) < 4.78 is 10.7. The number of fused-ring (bicyclic) bond motifs is 1. The molecule has 9 heteroatoms. The molecule has 1 spiro atoms. The van der Waals surface area contributed by atoms with Crippen LogP contribution in [0.15, 0.2) is 18.3 Å². The van der Waals surface area contributed by atoms with Gasteiger partial charge in [-0.25, -0.2) is 14.6 Å². The zero-order valence-corrected chi connectivity index (χ0v) is 18.3. The quantitative estimate of drug-likeness (QED) is 0.794. The van der Waals surface area contributed by atoms with Gasteiger partial charge in [0.15, 0.2) is 0 Å². The van der Waals surface area contributed by atoms with Gasteiger partial charge in [-0.3, -0.25) is 0 Å². The monoisotopic (exact) mass is 428 g/mol. The Morgan fingerprint density at radius 1 is 1.13 bits per heavy atom. The van der Waals surface area contributed by atoms with Crippen LogP contribution in [0.3, 0.4) is 0 Å². The number of ether oxygens (including phenoxy) is 2. The zero-order chi connectivity index (χ0) is 22.4. The minimum absolute atomic E-state index is 0.114. The number of carboxylic acids is 1. The van der Waals surface area contributed by atoms with E-state index >= 15 is 0 Å². The van der Waals surface area contributed by atoms with Gasteiger partial charge in [0.05, 0.1) is 23.7 Å². The summed E-state index contributed by atoms with van der Waals surface area (Å²) >= 11 is 0. The van der Waals surface area contributed by atoms with Crippen LogP contribution >= 0.6 is 0 Å². The van der Waals surface area contributed by atoms with E-state index in [0.717, 1.165) is 44.6 Å². The highest BCUT2D eigenvalue weighted by molar-refractivity contribution is 6.05. The lowest BCUT2D eigenvalue weighted by Crippen LogP contribution is -2.66. The first-order chi connectivity index (χ1) is 14.6. The highest BCUT2D eigenvalue weighted by Crippen LogP contribution is 2.42. The molecule has 2 fully saturated rings. The Kier molecular flexibility index (Phi) is 5.15. The number of anilines is 1. The number of hydrogen-bond donors (Lipinski definition) is 1. The Morgan fingerprint density at radius 2 is 1.81 bits per heavy atom. The number of aromatic nitrogens is 2. The Balaban J connectivity index is 1.56. The summed E-state index contributed by atoms with van der Waals surface area (Å²) in [6.07, 6.45) is 3.99. The number of aromatic carboxylic acids is 1. The molecule has 166 valence electrons. The third-order valence-corrected chi connectivity index (χ3v) is 6.14. The number of piperidine rings is 1. The maximum absolute atomic E-state index is 12.6. The van der Waals surface area contributed by atoms with Crippen molar-refractivity contribution in [2.75, 3.05) is 31.6 Å². The number of amides is 1. The van der Waals surface area contributed by atoms with Gasteiger partial charge in [0.2, 0.25) is 0 Å². The average molecular weight is 428 g/mol. The van der Waals surface area contributed by atoms with Crippen molar-refractivity contribution < 1.29 is 24.2 Å². The van der Waals surface area contributed by atoms with Crippen molar-refractivity contribution in [1.82, 2.24) is 14.9 Å². The minimum atomic E-state index is -1.04. The van der Waals surface area contributed by atoms with Crippen molar-refractivity contribution in [3.8, 4) is 6.01 Å². The lowest BCUT2D eigenvalue weighted by Gasteiger charge is -2.56. The topological polar surface area (TPSA) is 105 Å². The molecule has 0 radical (unpaired) electrons. The maximum Gasteiger partial charge on any atom is 0.410 e. The first kappa shape index (κ1) is 21.1. The molecular weight excluding hydrogens is 400 g/mol. The normalized spacial score (nSPS) is 18.1. The fourth-order valence-electron chi connectivity index (χ4n) is 4.46. The summed E-state index contributed by atoms with van der Waals surface area (Å²) in [5, 5.41) is 10.2. The highest BCUT2D eigenvalue weighted by atomic mass is 16.6. The van der Waals surface area contributed by atoms with Crippen LogP contribution in [-0.2, 0) is 4.74 Å². The van der Waals surface area contributed by atoms with E-state index in [1.54, 1.807) is 12.3 Å². The van der Waals surface area contributed by atoms with E-state index in [2.05, 4.69) is 14.9 Å². The number of nitrogens with zero attached hydrogens (tertiary/aromatic N) is 4. The maximum atomic E-state index is 12.6. The smallest absolute Gasteiger partial charge is 0.410 e. The number of carboxylic acid groups (broad SMARTS) is 1. The van der Waals surface area contributed by atoms with Gasteiger partial charge in [-0.2, -0.15) is 4.98 Å². The molecule has 2 aromatic rings. The van der Waals surface area contributed by atoms with Crippen LogP contribution in [0.1, 0.15) is 50.4 Å². The molecule has 9 nitrogen and oxygen atoms in total. The molecule has 0 atom stereocenters. The lowest BCUT2D eigenvalue weighted by atomic mass is 9.76. The lowest BCUT2D eigenvalue weighted by molar-refractivity contribution is -0.0541. The molecule has 2 aliphatic rings. The molecule has 31 heavy (non-hydrogen) atoms. The molecule has 4 rings (SSSR count). The number of carbonyl (C=O) groups excluding carboxylic acids is 1. The Morgan fingerprint density at radius 3 is 2.35 bits per heavy atom. The van der Waals surface area contributed by atoms with Gasteiger partial charge in [-0.15, -0.1) is 0 Å². The Hall–Kier alpha value is -3.10. The predicted molar refractivity (Wildman–Crippen MR) is 115 cm³/mol. The molecule has 0 saturated carbocycles. The number of methoxy groups -OCH3 is 1. The van der Waals surface area contributed by atoms with E-state index in [0.29, 0.717) is 10.9 Å². The molecule has 0 aliphatic carbocycles. The van der Waals surface area contributed by atoms with Crippen molar-refractivity contribution in [3.63, 3.8) is 0 Å². The Bertz CT molecular complexity index is 1020. The summed E-state index contributed by atoms with van der Waals surface area (Å²) in [4.78, 5) is 36.8. The van der Waals surface area contributed by atoms with Crippen LogP contribution < -0.4 is 9.64 Å². The highest BCUT2D eigenvalue weighted by Gasteiger charge is 2.50. The second-order valence-electron chi connectivity index (χ2n) is 9.15. The average Bonchev–Trinajstić information content (AvgIpc) is 2.70. The van der Waals surface area contributed by atoms with Gasteiger partial charge in [0.1, 0.15) is 5.60 Å². The van der Waals surface area contributed by atoms with Gasteiger partial charge in [-0.05, 0) is 52.2 Å². The van der Waals surface area contributed by atoms with Crippen molar-refractivity contribution in [2.24, 2.45) is 0 Å². The fraction of sp³-hybridized carbons (Fsp3) is 0.545. The van der Waals surface area contributed by atoms with Crippen LogP contribution in [-0.4, -0.2) is 69.9 Å². The second-order valence-corrected chi connectivity index (χ2v) is 9.15. The summed E-state index contributed by atoms with van der Waals surface area (Å²) in [6, 6.07) is 3.52. The van der Waals surface area contributed by atoms with Crippen molar-refractivity contribution in [3.05, 3.63) is 23.9 Å². The summed E-state index contributed by atoms with van der Waals surface area (Å²) in [5.41, 5.74) is 0.690. The molecule has 2 saturated heterocycles. The standard InChI is InChI=1S/C22H28N4O5/c1-21(2,3)31-20(29)26-12-9-22(26)7-10-25(11-8-22)16-6-5-14(18(27)28)17-15(16)13-23-19(24-17)30-4/h5-6,13H,7-12H2,1-4H3,(H,27,28). The van der Waals surface area contributed by atoms with Crippen LogP contribution in [0.4, 0.5) is 10.5 Å². The molecule has 1 aromatic carbocycles. The van der Waals surface area contributed by atoms with Crippen LogP contribution in [0.25, 0.3) is 10.9 Å². The van der Waals surface area contributed by atoms with Gasteiger partial charge < -0.3 is 24.4 Å². The molecule has 0 bridgehead atoms. The molecule has 3 heterocycles. The number of rotatable bonds is 3. The number of hydrogen-bond acceptors (Lipinski definition) is 7. The first-order valence-corrected chi connectivity index (χ1v) is 10.5.